The Hall–Kier alpha value is -0.720. The van der Waals surface area contributed by atoms with Gasteiger partial charge in [-0.25, -0.2) is 4.98 Å². The van der Waals surface area contributed by atoms with Gasteiger partial charge in [0.05, 0.1) is 12.1 Å². The van der Waals surface area contributed by atoms with Crippen molar-refractivity contribution in [3.05, 3.63) is 48.8 Å². The summed E-state index contributed by atoms with van der Waals surface area (Å²) in [5, 5.41) is 5.73. The van der Waals surface area contributed by atoms with E-state index in [0.29, 0.717) is 12.1 Å². The van der Waals surface area contributed by atoms with Crippen LogP contribution in [0.5, 0.6) is 0 Å². The van der Waals surface area contributed by atoms with E-state index in [0.717, 1.165) is 19.6 Å². The number of nitrogens with one attached hydrogen (secondary N) is 1. The van der Waals surface area contributed by atoms with Crippen LogP contribution >= 0.6 is 43.2 Å². The topological polar surface area (TPSA) is 42.0 Å². The number of rotatable bonds is 3. The number of aromatic nitrogens is 1. The summed E-state index contributed by atoms with van der Waals surface area (Å²) in [4.78, 5) is 16.3. The Morgan fingerprint density at radius 2 is 2.22 bits per heavy atom. The molecule has 0 aliphatic heterocycles. The van der Waals surface area contributed by atoms with Gasteiger partial charge in [0, 0.05) is 20.0 Å². The highest BCUT2D eigenvalue weighted by Gasteiger charge is 2.10. The first-order valence-corrected chi connectivity index (χ1v) is 7.67. The summed E-state index contributed by atoms with van der Waals surface area (Å²) < 4.78 is 1.65. The van der Waals surface area contributed by atoms with Crippen molar-refractivity contribution >= 4 is 49.1 Å². The van der Waals surface area contributed by atoms with Crippen molar-refractivity contribution in [2.75, 3.05) is 0 Å². The standard InChI is InChI=1S/C12H10Br2N2OS/c1-7-6-18-11(16-7)5-15-12(17)9-4-8(13)2-3-10(9)14/h2-4,6H,5H2,1H3,(H,15,17). The first kappa shape index (κ1) is 13.7. The van der Waals surface area contributed by atoms with Gasteiger partial charge in [0.25, 0.3) is 5.91 Å². The zero-order chi connectivity index (χ0) is 13.1. The second-order valence-electron chi connectivity index (χ2n) is 3.69. The number of aryl methyl sites for hydroxylation is 1. The lowest BCUT2D eigenvalue weighted by atomic mass is 10.2. The predicted molar refractivity (Wildman–Crippen MR) is 79.9 cm³/mol. The van der Waals surface area contributed by atoms with Crippen molar-refractivity contribution in [3.63, 3.8) is 0 Å². The zero-order valence-corrected chi connectivity index (χ0v) is 13.5. The van der Waals surface area contributed by atoms with E-state index >= 15 is 0 Å². The minimum Gasteiger partial charge on any atom is -0.345 e. The van der Waals surface area contributed by atoms with Crippen molar-refractivity contribution in [2.45, 2.75) is 13.5 Å². The summed E-state index contributed by atoms with van der Waals surface area (Å²) in [7, 11) is 0. The molecule has 18 heavy (non-hydrogen) atoms. The van der Waals surface area contributed by atoms with Crippen LogP contribution in [0.2, 0.25) is 0 Å². The average molecular weight is 390 g/mol. The van der Waals surface area contributed by atoms with E-state index in [-0.39, 0.29) is 5.91 Å². The lowest BCUT2D eigenvalue weighted by Crippen LogP contribution is -2.23. The molecule has 1 aromatic carbocycles. The van der Waals surface area contributed by atoms with Gasteiger partial charge in [0.1, 0.15) is 5.01 Å². The van der Waals surface area contributed by atoms with Gasteiger partial charge >= 0.3 is 0 Å². The highest BCUT2D eigenvalue weighted by Crippen LogP contribution is 2.21. The van der Waals surface area contributed by atoms with Crippen LogP contribution in [0.1, 0.15) is 21.1 Å². The molecule has 1 amide bonds. The molecular formula is C12H10Br2N2OS. The van der Waals surface area contributed by atoms with Crippen molar-refractivity contribution in [3.8, 4) is 0 Å². The molecule has 2 rings (SSSR count). The van der Waals surface area contributed by atoms with Crippen molar-refractivity contribution < 1.29 is 4.79 Å². The fourth-order valence-corrected chi connectivity index (χ4v) is 2.91. The summed E-state index contributed by atoms with van der Waals surface area (Å²) in [6.45, 7) is 2.39. The van der Waals surface area contributed by atoms with Crippen molar-refractivity contribution in [1.29, 1.82) is 0 Å². The van der Waals surface area contributed by atoms with Crippen LogP contribution in [0.4, 0.5) is 0 Å². The Morgan fingerprint density at radius 1 is 1.44 bits per heavy atom. The van der Waals surface area contributed by atoms with Gasteiger partial charge < -0.3 is 5.32 Å². The van der Waals surface area contributed by atoms with E-state index in [1.54, 1.807) is 17.4 Å². The fraction of sp³-hybridized carbons (Fsp3) is 0.167. The van der Waals surface area contributed by atoms with Crippen LogP contribution in [-0.4, -0.2) is 10.9 Å². The third-order valence-electron chi connectivity index (χ3n) is 2.24. The summed E-state index contributed by atoms with van der Waals surface area (Å²) >= 11 is 8.27. The molecule has 6 heteroatoms. The van der Waals surface area contributed by atoms with E-state index in [4.69, 9.17) is 0 Å². The van der Waals surface area contributed by atoms with Gasteiger partial charge in [0.2, 0.25) is 0 Å². The summed E-state index contributed by atoms with van der Waals surface area (Å²) in [5.41, 5.74) is 1.59. The maximum atomic E-state index is 12.0. The normalized spacial score (nSPS) is 10.4. The predicted octanol–water partition coefficient (Wildman–Crippen LogP) is 3.91. The monoisotopic (exact) mass is 388 g/mol. The first-order valence-electron chi connectivity index (χ1n) is 5.20. The number of carbonyl (C=O) groups is 1. The highest BCUT2D eigenvalue weighted by atomic mass is 79.9. The third-order valence-corrected chi connectivity index (χ3v) is 4.39. The Bertz CT molecular complexity index is 583. The zero-order valence-electron chi connectivity index (χ0n) is 9.54. The third kappa shape index (κ3) is 3.40. The molecule has 3 nitrogen and oxygen atoms in total. The molecule has 0 aliphatic carbocycles. The molecule has 0 spiro atoms. The molecule has 0 radical (unpaired) electrons. The Kier molecular flexibility index (Phi) is 4.53. The summed E-state index contributed by atoms with van der Waals surface area (Å²) in [6.07, 6.45) is 0. The number of amides is 1. The summed E-state index contributed by atoms with van der Waals surface area (Å²) in [6, 6.07) is 5.50. The van der Waals surface area contributed by atoms with Gasteiger partial charge in [-0.15, -0.1) is 11.3 Å². The first-order chi connectivity index (χ1) is 8.56. The van der Waals surface area contributed by atoms with E-state index in [2.05, 4.69) is 42.2 Å². The van der Waals surface area contributed by atoms with E-state index < -0.39 is 0 Å². The minimum absolute atomic E-state index is 0.115. The molecule has 1 N–H and O–H groups in total. The van der Waals surface area contributed by atoms with Crippen molar-refractivity contribution in [2.24, 2.45) is 0 Å². The van der Waals surface area contributed by atoms with Gasteiger partial charge in [-0.1, -0.05) is 15.9 Å². The van der Waals surface area contributed by atoms with Gasteiger partial charge in [0.15, 0.2) is 0 Å². The van der Waals surface area contributed by atoms with Crippen LogP contribution in [0.15, 0.2) is 32.5 Å². The van der Waals surface area contributed by atoms with E-state index in [1.165, 1.54) is 0 Å². The lowest BCUT2D eigenvalue weighted by Gasteiger charge is -2.05. The number of thiazole rings is 1. The molecule has 0 atom stereocenters. The molecular weight excluding hydrogens is 380 g/mol. The molecule has 0 bridgehead atoms. The fourth-order valence-electron chi connectivity index (χ4n) is 1.41. The Labute approximate surface area is 126 Å². The van der Waals surface area contributed by atoms with Crippen molar-refractivity contribution in [1.82, 2.24) is 10.3 Å². The molecule has 1 aromatic heterocycles. The number of benzene rings is 1. The van der Waals surface area contributed by atoms with Crippen LogP contribution < -0.4 is 5.32 Å². The SMILES string of the molecule is Cc1csc(CNC(=O)c2cc(Br)ccc2Br)n1. The van der Waals surface area contributed by atoms with E-state index in [9.17, 15) is 4.79 Å². The van der Waals surface area contributed by atoms with Gasteiger partial charge in [-0.05, 0) is 41.1 Å². The van der Waals surface area contributed by atoms with Crippen LogP contribution in [0.25, 0.3) is 0 Å². The molecule has 0 saturated heterocycles. The molecule has 94 valence electrons. The van der Waals surface area contributed by atoms with Crippen LogP contribution in [0, 0.1) is 6.92 Å². The maximum absolute atomic E-state index is 12.0. The molecule has 0 saturated carbocycles. The second kappa shape index (κ2) is 5.95. The summed E-state index contributed by atoms with van der Waals surface area (Å²) in [5.74, 6) is -0.115. The minimum atomic E-state index is -0.115. The van der Waals surface area contributed by atoms with Crippen LogP contribution in [-0.2, 0) is 6.54 Å². The molecule has 1 heterocycles. The highest BCUT2D eigenvalue weighted by molar-refractivity contribution is 9.11. The number of carbonyl (C=O) groups excluding carboxylic acids is 1. The Balaban J connectivity index is 2.05. The molecule has 0 aliphatic rings. The van der Waals surface area contributed by atoms with Gasteiger partial charge in [-0.3, -0.25) is 4.79 Å². The number of hydrogen-bond acceptors (Lipinski definition) is 3. The molecule has 0 fully saturated rings. The molecule has 2 aromatic rings. The number of halogens is 2. The molecule has 0 unspecified atom stereocenters. The second-order valence-corrected chi connectivity index (χ2v) is 6.40. The smallest absolute Gasteiger partial charge is 0.252 e. The lowest BCUT2D eigenvalue weighted by molar-refractivity contribution is 0.0950. The number of hydrogen-bond donors (Lipinski definition) is 1. The van der Waals surface area contributed by atoms with E-state index in [1.807, 2.05) is 24.4 Å². The van der Waals surface area contributed by atoms with Crippen LogP contribution in [0.3, 0.4) is 0 Å². The van der Waals surface area contributed by atoms with Gasteiger partial charge in [-0.2, -0.15) is 0 Å². The average Bonchev–Trinajstić information content (AvgIpc) is 2.75. The quantitative estimate of drug-likeness (QED) is 0.864. The largest absolute Gasteiger partial charge is 0.345 e. The maximum Gasteiger partial charge on any atom is 0.252 e. The number of nitrogens with zero attached hydrogens (tertiary/aromatic N) is 1. The Morgan fingerprint density at radius 3 is 2.89 bits per heavy atom.